The molecule has 2 aromatic carbocycles. The van der Waals surface area contributed by atoms with Crippen molar-refractivity contribution in [1.82, 2.24) is 10.2 Å². The lowest BCUT2D eigenvalue weighted by atomic mass is 10.1. The minimum Gasteiger partial charge on any atom is -0.354 e. The second kappa shape index (κ2) is 10.8. The van der Waals surface area contributed by atoms with Crippen LogP contribution >= 0.6 is 0 Å². The molecule has 0 bridgehead atoms. The fraction of sp³-hybridized carbons (Fsp3) is 0.417. The Bertz CT molecular complexity index is 773. The number of anilines is 1. The smallest absolute Gasteiger partial charge is 0.226 e. The quantitative estimate of drug-likeness (QED) is 0.706. The minimum atomic E-state index is 0.0142. The number of hydrogen-bond donors (Lipinski definition) is 1. The fourth-order valence-electron chi connectivity index (χ4n) is 3.85. The zero-order valence-corrected chi connectivity index (χ0v) is 17.2. The molecule has 2 amide bonds. The molecule has 1 atom stereocenters. The van der Waals surface area contributed by atoms with Crippen molar-refractivity contribution in [2.24, 2.45) is 0 Å². The van der Waals surface area contributed by atoms with Crippen LogP contribution in [0.2, 0.25) is 0 Å². The van der Waals surface area contributed by atoms with Gasteiger partial charge in [-0.1, -0.05) is 48.5 Å². The number of hydrogen-bond acceptors (Lipinski definition) is 3. The van der Waals surface area contributed by atoms with E-state index in [4.69, 9.17) is 0 Å². The SMILES string of the molecule is CN(C(=O)CCCC(=O)NCC(c1ccccc1)N1CCCC1)c1ccccc1. The van der Waals surface area contributed by atoms with E-state index < -0.39 is 0 Å². The Hall–Kier alpha value is -2.66. The van der Waals surface area contributed by atoms with Gasteiger partial charge in [-0.15, -0.1) is 0 Å². The monoisotopic (exact) mass is 393 g/mol. The summed E-state index contributed by atoms with van der Waals surface area (Å²) in [5, 5.41) is 3.09. The Balaban J connectivity index is 1.44. The van der Waals surface area contributed by atoms with Gasteiger partial charge in [-0.2, -0.15) is 0 Å². The highest BCUT2D eigenvalue weighted by atomic mass is 16.2. The molecule has 1 unspecified atom stereocenters. The summed E-state index contributed by atoms with van der Waals surface area (Å²) in [6, 6.07) is 20.2. The molecule has 2 aromatic rings. The van der Waals surface area contributed by atoms with Crippen LogP contribution in [0.25, 0.3) is 0 Å². The molecule has 154 valence electrons. The highest BCUT2D eigenvalue weighted by molar-refractivity contribution is 5.92. The third-order valence-electron chi connectivity index (χ3n) is 5.57. The maximum Gasteiger partial charge on any atom is 0.226 e. The molecule has 1 aliphatic rings. The summed E-state index contributed by atoms with van der Waals surface area (Å²) in [6.45, 7) is 2.77. The van der Waals surface area contributed by atoms with Crippen LogP contribution in [0.3, 0.4) is 0 Å². The largest absolute Gasteiger partial charge is 0.354 e. The van der Waals surface area contributed by atoms with Crippen molar-refractivity contribution in [1.29, 1.82) is 0 Å². The summed E-state index contributed by atoms with van der Waals surface area (Å²) in [6.07, 6.45) is 3.73. The molecule has 0 spiro atoms. The van der Waals surface area contributed by atoms with Crippen LogP contribution in [0, 0.1) is 0 Å². The molecule has 1 saturated heterocycles. The Kier molecular flexibility index (Phi) is 7.82. The van der Waals surface area contributed by atoms with E-state index in [9.17, 15) is 9.59 Å². The van der Waals surface area contributed by atoms with E-state index in [0.29, 0.717) is 25.8 Å². The van der Waals surface area contributed by atoms with Crippen molar-refractivity contribution in [2.75, 3.05) is 31.6 Å². The second-order valence-electron chi connectivity index (χ2n) is 7.62. The van der Waals surface area contributed by atoms with E-state index in [1.807, 2.05) is 36.4 Å². The number of nitrogens with one attached hydrogen (secondary N) is 1. The van der Waals surface area contributed by atoms with Gasteiger partial charge in [0.2, 0.25) is 11.8 Å². The highest BCUT2D eigenvalue weighted by Gasteiger charge is 2.23. The van der Waals surface area contributed by atoms with Gasteiger partial charge >= 0.3 is 0 Å². The summed E-state index contributed by atoms with van der Waals surface area (Å²) >= 11 is 0. The Morgan fingerprint density at radius 3 is 2.24 bits per heavy atom. The Labute approximate surface area is 173 Å². The van der Waals surface area contributed by atoms with Gasteiger partial charge < -0.3 is 10.2 Å². The average Bonchev–Trinajstić information content (AvgIpc) is 3.29. The lowest BCUT2D eigenvalue weighted by Gasteiger charge is -2.28. The van der Waals surface area contributed by atoms with Gasteiger partial charge in [-0.05, 0) is 50.0 Å². The van der Waals surface area contributed by atoms with Gasteiger partial charge in [0.15, 0.2) is 0 Å². The van der Waals surface area contributed by atoms with Crippen molar-refractivity contribution >= 4 is 17.5 Å². The third-order valence-corrected chi connectivity index (χ3v) is 5.57. The molecule has 0 aromatic heterocycles. The molecular formula is C24H31N3O2. The number of rotatable bonds is 9. The topological polar surface area (TPSA) is 52.7 Å². The number of benzene rings is 2. The molecule has 0 saturated carbocycles. The molecule has 1 heterocycles. The first-order valence-electron chi connectivity index (χ1n) is 10.5. The van der Waals surface area contributed by atoms with Crippen LogP contribution < -0.4 is 10.2 Å². The molecule has 5 heteroatoms. The molecule has 29 heavy (non-hydrogen) atoms. The molecule has 1 fully saturated rings. The van der Waals surface area contributed by atoms with Crippen LogP contribution in [-0.2, 0) is 9.59 Å². The summed E-state index contributed by atoms with van der Waals surface area (Å²) in [4.78, 5) is 28.8. The van der Waals surface area contributed by atoms with E-state index >= 15 is 0 Å². The molecule has 5 nitrogen and oxygen atoms in total. The van der Waals surface area contributed by atoms with E-state index in [-0.39, 0.29) is 17.9 Å². The zero-order chi connectivity index (χ0) is 20.5. The van der Waals surface area contributed by atoms with Gasteiger partial charge in [-0.3, -0.25) is 14.5 Å². The first-order chi connectivity index (χ1) is 14.1. The van der Waals surface area contributed by atoms with Gasteiger partial charge in [-0.25, -0.2) is 0 Å². The highest BCUT2D eigenvalue weighted by Crippen LogP contribution is 2.24. The van der Waals surface area contributed by atoms with E-state index in [2.05, 4.69) is 34.5 Å². The zero-order valence-electron chi connectivity index (χ0n) is 17.2. The molecule has 3 rings (SSSR count). The standard InChI is InChI=1S/C24H31N3O2/c1-26(21-13-6-3-7-14-21)24(29)16-10-15-23(28)25-19-22(27-17-8-9-18-27)20-11-4-2-5-12-20/h2-7,11-14,22H,8-10,15-19H2,1H3,(H,25,28). The van der Waals surface area contributed by atoms with Crippen molar-refractivity contribution < 1.29 is 9.59 Å². The lowest BCUT2D eigenvalue weighted by molar-refractivity contribution is -0.121. The van der Waals surface area contributed by atoms with Crippen LogP contribution in [0.5, 0.6) is 0 Å². The first-order valence-corrected chi connectivity index (χ1v) is 10.5. The summed E-state index contributed by atoms with van der Waals surface area (Å²) < 4.78 is 0. The maximum atomic E-state index is 12.4. The second-order valence-corrected chi connectivity index (χ2v) is 7.62. The average molecular weight is 394 g/mol. The Morgan fingerprint density at radius 2 is 1.59 bits per heavy atom. The number of carbonyl (C=O) groups is 2. The summed E-state index contributed by atoms with van der Waals surface area (Å²) in [7, 11) is 1.78. The van der Waals surface area contributed by atoms with Crippen molar-refractivity contribution in [3.05, 3.63) is 66.2 Å². The lowest BCUT2D eigenvalue weighted by Crippen LogP contribution is -2.36. The minimum absolute atomic E-state index is 0.0142. The number of para-hydroxylation sites is 1. The van der Waals surface area contributed by atoms with E-state index in [1.165, 1.54) is 18.4 Å². The fourth-order valence-corrected chi connectivity index (χ4v) is 3.85. The summed E-state index contributed by atoms with van der Waals surface area (Å²) in [5.74, 6) is 0.0449. The van der Waals surface area contributed by atoms with Crippen molar-refractivity contribution in [2.45, 2.75) is 38.1 Å². The van der Waals surface area contributed by atoms with Crippen molar-refractivity contribution in [3.63, 3.8) is 0 Å². The Morgan fingerprint density at radius 1 is 0.966 bits per heavy atom. The predicted octanol–water partition coefficient (Wildman–Crippen LogP) is 3.77. The van der Waals surface area contributed by atoms with Crippen LogP contribution in [0.1, 0.15) is 43.7 Å². The summed E-state index contributed by atoms with van der Waals surface area (Å²) in [5.41, 5.74) is 2.12. The van der Waals surface area contributed by atoms with Gasteiger partial charge in [0.05, 0.1) is 6.04 Å². The molecular weight excluding hydrogens is 362 g/mol. The number of nitrogens with zero attached hydrogens (tertiary/aromatic N) is 2. The van der Waals surface area contributed by atoms with Gasteiger partial charge in [0, 0.05) is 32.1 Å². The van der Waals surface area contributed by atoms with Gasteiger partial charge in [0.25, 0.3) is 0 Å². The number of amides is 2. The van der Waals surface area contributed by atoms with Gasteiger partial charge in [0.1, 0.15) is 0 Å². The van der Waals surface area contributed by atoms with E-state index in [1.54, 1.807) is 11.9 Å². The third kappa shape index (κ3) is 6.16. The molecule has 0 radical (unpaired) electrons. The molecule has 0 aliphatic carbocycles. The first kappa shape index (κ1) is 21.1. The number of likely N-dealkylation sites (tertiary alicyclic amines) is 1. The van der Waals surface area contributed by atoms with E-state index in [0.717, 1.165) is 18.8 Å². The van der Waals surface area contributed by atoms with Crippen LogP contribution in [0.4, 0.5) is 5.69 Å². The van der Waals surface area contributed by atoms with Crippen molar-refractivity contribution in [3.8, 4) is 0 Å². The van der Waals surface area contributed by atoms with Crippen LogP contribution in [0.15, 0.2) is 60.7 Å². The molecule has 1 aliphatic heterocycles. The predicted molar refractivity (Wildman–Crippen MR) is 117 cm³/mol. The number of carbonyl (C=O) groups excluding carboxylic acids is 2. The van der Waals surface area contributed by atoms with Crippen LogP contribution in [-0.4, -0.2) is 43.4 Å². The normalized spacial score (nSPS) is 15.1. The molecule has 1 N–H and O–H groups in total. The maximum absolute atomic E-state index is 12.4.